The van der Waals surface area contributed by atoms with E-state index >= 15 is 0 Å². The molecule has 2 aromatic rings. The fraction of sp³-hybridized carbons (Fsp3) is 0.333. The molecule has 0 saturated heterocycles. The maximum atomic E-state index is 12.2. The fourth-order valence-corrected chi connectivity index (χ4v) is 3.11. The van der Waals surface area contributed by atoms with E-state index in [2.05, 4.69) is 27.9 Å². The second kappa shape index (κ2) is 9.65. The molecular weight excluding hydrogens is 391 g/mol. The zero-order valence-corrected chi connectivity index (χ0v) is 16.3. The van der Waals surface area contributed by atoms with E-state index in [1.165, 1.54) is 28.8 Å². The van der Waals surface area contributed by atoms with Gasteiger partial charge in [-0.25, -0.2) is 9.30 Å². The van der Waals surface area contributed by atoms with E-state index in [1.54, 1.807) is 24.2 Å². The molecule has 1 aromatic heterocycles. The first kappa shape index (κ1) is 21.8. The molecule has 3 N–H and O–H groups in total. The molecule has 0 unspecified atom stereocenters. The molecule has 2 rings (SSSR count). The highest BCUT2D eigenvalue weighted by molar-refractivity contribution is 7.97. The SMILES string of the molecule is CCN(CC)Sc1ccc(=N)n(C(N)=NCc2ccc(OC(F)(F)F)cc2)c1. The van der Waals surface area contributed by atoms with Crippen LogP contribution in [0.5, 0.6) is 5.75 Å². The smallest absolute Gasteiger partial charge is 0.406 e. The molecule has 28 heavy (non-hydrogen) atoms. The van der Waals surface area contributed by atoms with Crippen LogP contribution in [0.15, 0.2) is 52.5 Å². The van der Waals surface area contributed by atoms with Gasteiger partial charge in [0, 0.05) is 24.2 Å². The highest BCUT2D eigenvalue weighted by Crippen LogP contribution is 2.23. The molecule has 0 amide bonds. The van der Waals surface area contributed by atoms with Crippen molar-refractivity contribution in [1.82, 2.24) is 8.87 Å². The minimum absolute atomic E-state index is 0.127. The molecule has 152 valence electrons. The van der Waals surface area contributed by atoms with E-state index in [0.29, 0.717) is 5.56 Å². The normalized spacial score (nSPS) is 12.4. The van der Waals surface area contributed by atoms with Crippen LogP contribution in [0.1, 0.15) is 19.4 Å². The van der Waals surface area contributed by atoms with Gasteiger partial charge >= 0.3 is 6.36 Å². The summed E-state index contributed by atoms with van der Waals surface area (Å²) in [6.07, 6.45) is -2.98. The average Bonchev–Trinajstić information content (AvgIpc) is 2.65. The lowest BCUT2D eigenvalue weighted by Gasteiger charge is -2.17. The van der Waals surface area contributed by atoms with Crippen LogP contribution < -0.4 is 16.0 Å². The summed E-state index contributed by atoms with van der Waals surface area (Å²) in [5, 5.41) is 8.02. The molecule has 0 fully saturated rings. The van der Waals surface area contributed by atoms with Crippen molar-refractivity contribution in [2.24, 2.45) is 10.7 Å². The maximum Gasteiger partial charge on any atom is 0.573 e. The molecular formula is C18H22F3N5OS. The van der Waals surface area contributed by atoms with Crippen LogP contribution >= 0.6 is 11.9 Å². The van der Waals surface area contributed by atoms with Crippen molar-refractivity contribution in [1.29, 1.82) is 5.41 Å². The van der Waals surface area contributed by atoms with E-state index in [-0.39, 0.29) is 23.7 Å². The van der Waals surface area contributed by atoms with Gasteiger partial charge in [-0.1, -0.05) is 26.0 Å². The first-order chi connectivity index (χ1) is 13.2. The van der Waals surface area contributed by atoms with E-state index in [1.807, 2.05) is 6.07 Å². The zero-order valence-electron chi connectivity index (χ0n) is 15.5. The number of aromatic nitrogens is 1. The summed E-state index contributed by atoms with van der Waals surface area (Å²) in [4.78, 5) is 5.16. The molecule has 0 aliphatic heterocycles. The Bertz CT molecular complexity index is 861. The largest absolute Gasteiger partial charge is 0.573 e. The van der Waals surface area contributed by atoms with Gasteiger partial charge in [0.2, 0.25) is 5.96 Å². The highest BCUT2D eigenvalue weighted by Gasteiger charge is 2.30. The Balaban J connectivity index is 2.11. The van der Waals surface area contributed by atoms with Gasteiger partial charge in [0.15, 0.2) is 0 Å². The topological polar surface area (TPSA) is 79.6 Å². The zero-order chi connectivity index (χ0) is 20.7. The minimum atomic E-state index is -4.72. The van der Waals surface area contributed by atoms with Crippen LogP contribution in [-0.4, -0.2) is 34.3 Å². The van der Waals surface area contributed by atoms with Crippen molar-refractivity contribution < 1.29 is 17.9 Å². The van der Waals surface area contributed by atoms with Crippen LogP contribution in [0.25, 0.3) is 0 Å². The quantitative estimate of drug-likeness (QED) is 0.413. The number of benzene rings is 1. The van der Waals surface area contributed by atoms with Gasteiger partial charge in [-0.05, 0) is 41.8 Å². The Morgan fingerprint density at radius 1 is 1.18 bits per heavy atom. The number of nitrogens with one attached hydrogen (secondary N) is 1. The Labute approximate surface area is 165 Å². The number of pyridine rings is 1. The van der Waals surface area contributed by atoms with Crippen LogP contribution in [-0.2, 0) is 6.54 Å². The number of hydrogen-bond donors (Lipinski definition) is 2. The third-order valence-corrected chi connectivity index (χ3v) is 4.92. The van der Waals surface area contributed by atoms with Crippen LogP contribution in [0.3, 0.4) is 0 Å². The molecule has 6 nitrogen and oxygen atoms in total. The van der Waals surface area contributed by atoms with Crippen molar-refractivity contribution in [3.8, 4) is 5.75 Å². The molecule has 0 aliphatic carbocycles. The lowest BCUT2D eigenvalue weighted by atomic mass is 10.2. The minimum Gasteiger partial charge on any atom is -0.406 e. The van der Waals surface area contributed by atoms with Gasteiger partial charge in [-0.3, -0.25) is 9.98 Å². The number of rotatable bonds is 7. The second-order valence-electron chi connectivity index (χ2n) is 5.69. The molecule has 0 spiro atoms. The maximum absolute atomic E-state index is 12.2. The van der Waals surface area contributed by atoms with Crippen LogP contribution in [0.2, 0.25) is 0 Å². The predicted octanol–water partition coefficient (Wildman–Crippen LogP) is 3.58. The number of nitrogens with zero attached hydrogens (tertiary/aromatic N) is 3. The predicted molar refractivity (Wildman–Crippen MR) is 103 cm³/mol. The van der Waals surface area contributed by atoms with E-state index < -0.39 is 6.36 Å². The summed E-state index contributed by atoms with van der Waals surface area (Å²) in [5.74, 6) is -0.167. The summed E-state index contributed by atoms with van der Waals surface area (Å²) in [6.45, 7) is 6.04. The third kappa shape index (κ3) is 6.61. The van der Waals surface area contributed by atoms with Gasteiger partial charge in [0.1, 0.15) is 11.2 Å². The summed E-state index contributed by atoms with van der Waals surface area (Å²) < 4.78 is 44.0. The lowest BCUT2D eigenvalue weighted by molar-refractivity contribution is -0.274. The second-order valence-corrected chi connectivity index (χ2v) is 6.86. The number of ether oxygens (including phenoxy) is 1. The van der Waals surface area contributed by atoms with Crippen molar-refractivity contribution in [3.63, 3.8) is 0 Å². The van der Waals surface area contributed by atoms with E-state index in [0.717, 1.165) is 18.0 Å². The third-order valence-electron chi connectivity index (χ3n) is 3.69. The van der Waals surface area contributed by atoms with Crippen molar-refractivity contribution in [3.05, 3.63) is 53.6 Å². The van der Waals surface area contributed by atoms with Crippen molar-refractivity contribution in [2.45, 2.75) is 31.7 Å². The van der Waals surface area contributed by atoms with Gasteiger partial charge in [-0.2, -0.15) is 0 Å². The first-order valence-corrected chi connectivity index (χ1v) is 9.34. The molecule has 0 saturated carbocycles. The van der Waals surface area contributed by atoms with E-state index in [9.17, 15) is 13.2 Å². The lowest BCUT2D eigenvalue weighted by Crippen LogP contribution is -2.32. The molecule has 1 heterocycles. The molecule has 0 bridgehead atoms. The summed E-state index contributed by atoms with van der Waals surface area (Å²) >= 11 is 1.56. The highest BCUT2D eigenvalue weighted by atomic mass is 32.2. The average molecular weight is 413 g/mol. The number of alkyl halides is 3. The Morgan fingerprint density at radius 3 is 2.39 bits per heavy atom. The summed E-state index contributed by atoms with van der Waals surface area (Å²) in [5.41, 5.74) is 6.86. The molecule has 1 aromatic carbocycles. The number of aliphatic imine (C=N–C) groups is 1. The summed E-state index contributed by atoms with van der Waals surface area (Å²) in [7, 11) is 0. The number of hydrogen-bond acceptors (Lipinski definition) is 5. The monoisotopic (exact) mass is 413 g/mol. The van der Waals surface area contributed by atoms with Crippen molar-refractivity contribution >= 4 is 17.9 Å². The Morgan fingerprint density at radius 2 is 1.82 bits per heavy atom. The summed E-state index contributed by atoms with van der Waals surface area (Å²) in [6, 6.07) is 8.89. The molecule has 0 atom stereocenters. The van der Waals surface area contributed by atoms with Gasteiger partial charge in [-0.15, -0.1) is 13.2 Å². The van der Waals surface area contributed by atoms with Gasteiger partial charge in [0.05, 0.1) is 6.54 Å². The van der Waals surface area contributed by atoms with E-state index in [4.69, 9.17) is 11.1 Å². The van der Waals surface area contributed by atoms with Gasteiger partial charge in [0.25, 0.3) is 0 Å². The first-order valence-electron chi connectivity index (χ1n) is 8.57. The van der Waals surface area contributed by atoms with Crippen molar-refractivity contribution in [2.75, 3.05) is 13.1 Å². The van der Waals surface area contributed by atoms with Crippen LogP contribution in [0.4, 0.5) is 13.2 Å². The standard InChI is InChI=1S/C18H22F3N5OS/c1-3-25(4-2)28-15-9-10-16(22)26(12-15)17(23)24-11-13-5-7-14(8-6-13)27-18(19,20)21/h5-10,12,22H,3-4,11H2,1-2H3,(H2,23,24). The van der Waals surface area contributed by atoms with Crippen LogP contribution in [0, 0.1) is 5.41 Å². The molecule has 10 heteroatoms. The van der Waals surface area contributed by atoms with Gasteiger partial charge < -0.3 is 10.5 Å². The number of halogens is 3. The molecule has 0 radical (unpaired) electrons. The molecule has 0 aliphatic rings. The Hall–Kier alpha value is -2.46. The number of nitrogens with two attached hydrogens (primary N) is 1. The fourth-order valence-electron chi connectivity index (χ4n) is 2.27. The Kier molecular flexibility index (Phi) is 7.53.